The third-order valence-electron chi connectivity index (χ3n) is 4.46. The van der Waals surface area contributed by atoms with Crippen LogP contribution >= 0.6 is 23.1 Å². The van der Waals surface area contributed by atoms with Crippen LogP contribution in [0.25, 0.3) is 22.0 Å². The zero-order valence-corrected chi connectivity index (χ0v) is 17.5. The quantitative estimate of drug-likeness (QED) is 0.410. The van der Waals surface area contributed by atoms with Gasteiger partial charge in [-0.1, -0.05) is 36.0 Å². The van der Waals surface area contributed by atoms with E-state index in [1.165, 1.54) is 5.56 Å². The van der Waals surface area contributed by atoms with Crippen LogP contribution in [0.2, 0.25) is 0 Å². The van der Waals surface area contributed by atoms with E-state index in [0.29, 0.717) is 0 Å². The molecular weight excluding hydrogens is 388 g/mol. The Balaban J connectivity index is 1.47. The van der Waals surface area contributed by atoms with Gasteiger partial charge in [-0.3, -0.25) is 0 Å². The smallest absolute Gasteiger partial charge is 0.191 e. The largest absolute Gasteiger partial charge is 0.497 e. The third-order valence-corrected chi connectivity index (χ3v) is 6.45. The molecule has 0 radical (unpaired) electrons. The van der Waals surface area contributed by atoms with E-state index in [4.69, 9.17) is 9.72 Å². The minimum atomic E-state index is 0.756. The summed E-state index contributed by atoms with van der Waals surface area (Å²) in [6, 6.07) is 16.2. The molecule has 0 spiro atoms. The average Bonchev–Trinajstić information content (AvgIpc) is 3.34. The van der Waals surface area contributed by atoms with Crippen molar-refractivity contribution < 1.29 is 4.74 Å². The summed E-state index contributed by atoms with van der Waals surface area (Å²) in [7, 11) is 3.68. The highest BCUT2D eigenvalue weighted by atomic mass is 32.2. The predicted octanol–water partition coefficient (Wildman–Crippen LogP) is 5.21. The van der Waals surface area contributed by atoms with Gasteiger partial charge in [0, 0.05) is 29.3 Å². The van der Waals surface area contributed by atoms with E-state index in [9.17, 15) is 0 Å². The zero-order valence-electron chi connectivity index (χ0n) is 15.9. The second kappa shape index (κ2) is 8.16. The van der Waals surface area contributed by atoms with Gasteiger partial charge < -0.3 is 9.30 Å². The van der Waals surface area contributed by atoms with E-state index in [1.54, 1.807) is 30.2 Å². The van der Waals surface area contributed by atoms with E-state index in [1.807, 2.05) is 48.0 Å². The molecule has 0 N–H and O–H groups in total. The summed E-state index contributed by atoms with van der Waals surface area (Å²) >= 11 is 3.30. The Labute approximate surface area is 172 Å². The molecule has 2 heterocycles. The summed E-state index contributed by atoms with van der Waals surface area (Å²) < 4.78 is 7.26. The molecule has 4 rings (SSSR count). The van der Waals surface area contributed by atoms with Crippen molar-refractivity contribution in [3.05, 3.63) is 65.2 Å². The molecule has 28 heavy (non-hydrogen) atoms. The fraction of sp³-hybridized carbons (Fsp3) is 0.190. The van der Waals surface area contributed by atoms with Gasteiger partial charge in [-0.05, 0) is 36.8 Å². The first kappa shape index (κ1) is 18.7. The molecule has 5 nitrogen and oxygen atoms in total. The predicted molar refractivity (Wildman–Crippen MR) is 115 cm³/mol. The first-order chi connectivity index (χ1) is 13.7. The highest BCUT2D eigenvalue weighted by Crippen LogP contribution is 2.30. The van der Waals surface area contributed by atoms with Crippen molar-refractivity contribution in [1.82, 2.24) is 19.7 Å². The molecule has 7 heteroatoms. The van der Waals surface area contributed by atoms with E-state index >= 15 is 0 Å². The Hall–Kier alpha value is -2.64. The van der Waals surface area contributed by atoms with E-state index in [-0.39, 0.29) is 0 Å². The zero-order chi connectivity index (χ0) is 19.5. The standard InChI is InChI=1S/C21H20N4OS2/c1-14-6-4-5-7-18(14)19-23-24-21(25(19)2)28-13-16-12-27-20(22-16)15-8-10-17(26-3)11-9-15/h4-12H,13H2,1-3H3. The van der Waals surface area contributed by atoms with Crippen LogP contribution < -0.4 is 4.74 Å². The highest BCUT2D eigenvalue weighted by molar-refractivity contribution is 7.98. The summed E-state index contributed by atoms with van der Waals surface area (Å²) in [5.41, 5.74) is 4.45. The molecule has 0 saturated carbocycles. The first-order valence-corrected chi connectivity index (χ1v) is 10.7. The molecular formula is C21H20N4OS2. The van der Waals surface area contributed by atoms with Crippen LogP contribution in [0.4, 0.5) is 0 Å². The molecule has 0 fully saturated rings. The summed E-state index contributed by atoms with van der Waals surface area (Å²) in [5, 5.41) is 12.8. The van der Waals surface area contributed by atoms with E-state index in [2.05, 4.69) is 34.6 Å². The van der Waals surface area contributed by atoms with Gasteiger partial charge in [0.15, 0.2) is 11.0 Å². The lowest BCUT2D eigenvalue weighted by Crippen LogP contribution is -1.96. The second-order valence-corrected chi connectivity index (χ2v) is 8.14. The van der Waals surface area contributed by atoms with Crippen LogP contribution in [-0.4, -0.2) is 26.9 Å². The second-order valence-electron chi connectivity index (χ2n) is 6.34. The van der Waals surface area contributed by atoms with Gasteiger partial charge in [0.2, 0.25) is 0 Å². The van der Waals surface area contributed by atoms with E-state index < -0.39 is 0 Å². The first-order valence-electron chi connectivity index (χ1n) is 8.82. The molecule has 0 aliphatic rings. The Kier molecular flexibility index (Phi) is 5.45. The van der Waals surface area contributed by atoms with Gasteiger partial charge in [-0.2, -0.15) is 0 Å². The lowest BCUT2D eigenvalue weighted by atomic mass is 10.1. The number of aryl methyl sites for hydroxylation is 1. The van der Waals surface area contributed by atoms with Crippen LogP contribution in [0.5, 0.6) is 5.75 Å². The number of aromatic nitrogens is 4. The number of rotatable bonds is 6. The number of thioether (sulfide) groups is 1. The average molecular weight is 409 g/mol. The maximum Gasteiger partial charge on any atom is 0.191 e. The molecule has 0 atom stereocenters. The van der Waals surface area contributed by atoms with Gasteiger partial charge in [-0.15, -0.1) is 21.5 Å². The van der Waals surface area contributed by atoms with Crippen LogP contribution in [0, 0.1) is 6.92 Å². The summed E-state index contributed by atoms with van der Waals surface area (Å²) in [6.45, 7) is 2.09. The molecule has 0 aliphatic carbocycles. The number of thiazole rings is 1. The summed E-state index contributed by atoms with van der Waals surface area (Å²) in [4.78, 5) is 4.76. The molecule has 0 saturated heterocycles. The molecule has 0 amide bonds. The molecule has 0 unspecified atom stereocenters. The Morgan fingerprint density at radius 1 is 1.07 bits per heavy atom. The van der Waals surface area contributed by atoms with Crippen molar-refractivity contribution in [3.8, 4) is 27.7 Å². The molecule has 4 aromatic rings. The number of ether oxygens (including phenoxy) is 1. The Morgan fingerprint density at radius 2 is 1.86 bits per heavy atom. The van der Waals surface area contributed by atoms with Gasteiger partial charge in [-0.25, -0.2) is 4.98 Å². The molecule has 2 aromatic heterocycles. The van der Waals surface area contributed by atoms with Gasteiger partial charge in [0.25, 0.3) is 0 Å². The molecule has 0 bridgehead atoms. The maximum absolute atomic E-state index is 5.21. The number of hydrogen-bond acceptors (Lipinski definition) is 6. The minimum absolute atomic E-state index is 0.756. The lowest BCUT2D eigenvalue weighted by molar-refractivity contribution is 0.415. The molecule has 0 aliphatic heterocycles. The fourth-order valence-corrected chi connectivity index (χ4v) is 4.61. The minimum Gasteiger partial charge on any atom is -0.497 e. The van der Waals surface area contributed by atoms with E-state index in [0.717, 1.165) is 44.3 Å². The van der Waals surface area contributed by atoms with Crippen LogP contribution in [0.3, 0.4) is 0 Å². The van der Waals surface area contributed by atoms with Crippen molar-refractivity contribution >= 4 is 23.1 Å². The number of methoxy groups -OCH3 is 1. The number of nitrogens with zero attached hydrogens (tertiary/aromatic N) is 4. The Morgan fingerprint density at radius 3 is 2.61 bits per heavy atom. The number of benzene rings is 2. The number of hydrogen-bond donors (Lipinski definition) is 0. The van der Waals surface area contributed by atoms with Crippen molar-refractivity contribution in [3.63, 3.8) is 0 Å². The van der Waals surface area contributed by atoms with Crippen molar-refractivity contribution in [1.29, 1.82) is 0 Å². The Bertz CT molecular complexity index is 1090. The SMILES string of the molecule is COc1ccc(-c2nc(CSc3nnc(-c4ccccc4C)n3C)cs2)cc1. The summed E-state index contributed by atoms with van der Waals surface area (Å²) in [5.74, 6) is 2.49. The topological polar surface area (TPSA) is 52.8 Å². The maximum atomic E-state index is 5.21. The van der Waals surface area contributed by atoms with Crippen molar-refractivity contribution in [2.45, 2.75) is 17.8 Å². The highest BCUT2D eigenvalue weighted by Gasteiger charge is 2.14. The monoisotopic (exact) mass is 408 g/mol. The van der Waals surface area contributed by atoms with Gasteiger partial charge in [0.05, 0.1) is 12.8 Å². The van der Waals surface area contributed by atoms with Crippen LogP contribution in [0.15, 0.2) is 59.1 Å². The lowest BCUT2D eigenvalue weighted by Gasteiger charge is -2.05. The molecule has 2 aromatic carbocycles. The third kappa shape index (κ3) is 3.81. The summed E-state index contributed by atoms with van der Waals surface area (Å²) in [6.07, 6.45) is 0. The molecule has 142 valence electrons. The normalized spacial score (nSPS) is 11.0. The van der Waals surface area contributed by atoms with Crippen molar-refractivity contribution in [2.24, 2.45) is 7.05 Å². The fourth-order valence-electron chi connectivity index (χ4n) is 2.88. The van der Waals surface area contributed by atoms with Gasteiger partial charge >= 0.3 is 0 Å². The van der Waals surface area contributed by atoms with Crippen molar-refractivity contribution in [2.75, 3.05) is 7.11 Å². The van der Waals surface area contributed by atoms with Crippen LogP contribution in [0.1, 0.15) is 11.3 Å². The van der Waals surface area contributed by atoms with Crippen LogP contribution in [-0.2, 0) is 12.8 Å². The van der Waals surface area contributed by atoms with Gasteiger partial charge in [0.1, 0.15) is 10.8 Å².